The van der Waals surface area contributed by atoms with E-state index >= 15 is 0 Å². The van der Waals surface area contributed by atoms with Crippen molar-refractivity contribution in [1.29, 1.82) is 0 Å². The maximum atomic E-state index is 12.9. The van der Waals surface area contributed by atoms with Gasteiger partial charge in [0.2, 0.25) is 0 Å². The number of nitrogens with zero attached hydrogens (tertiary/aromatic N) is 1. The van der Waals surface area contributed by atoms with Crippen LogP contribution in [0.2, 0.25) is 0 Å². The number of thioether (sulfide) groups is 1. The van der Waals surface area contributed by atoms with Crippen LogP contribution in [0.3, 0.4) is 0 Å². The minimum absolute atomic E-state index is 0.278. The summed E-state index contributed by atoms with van der Waals surface area (Å²) < 4.78 is 38.6. The fourth-order valence-corrected chi connectivity index (χ4v) is 3.79. The Morgan fingerprint density at radius 1 is 1.12 bits per heavy atom. The lowest BCUT2D eigenvalue weighted by atomic mass is 10.1. The highest BCUT2D eigenvalue weighted by Crippen LogP contribution is 2.35. The molecule has 3 aromatic rings. The number of alkyl halides is 4. The molecular formula is C19H15BrF3NS. The molecule has 0 aliphatic heterocycles. The van der Waals surface area contributed by atoms with Crippen molar-refractivity contribution < 1.29 is 13.2 Å². The smallest absolute Gasteiger partial charge is 0.256 e. The summed E-state index contributed by atoms with van der Waals surface area (Å²) in [6.45, 7) is 2.07. The van der Waals surface area contributed by atoms with Crippen molar-refractivity contribution >= 4 is 38.6 Å². The molecule has 1 heterocycles. The van der Waals surface area contributed by atoms with Gasteiger partial charge < -0.3 is 0 Å². The van der Waals surface area contributed by atoms with Crippen LogP contribution >= 0.6 is 27.7 Å². The van der Waals surface area contributed by atoms with Gasteiger partial charge in [0, 0.05) is 27.1 Å². The molecule has 3 rings (SSSR count). The van der Waals surface area contributed by atoms with Gasteiger partial charge >= 0.3 is 6.18 Å². The second-order valence-electron chi connectivity index (χ2n) is 5.69. The average molecular weight is 426 g/mol. The van der Waals surface area contributed by atoms with Crippen LogP contribution in [0.1, 0.15) is 28.4 Å². The van der Waals surface area contributed by atoms with E-state index in [9.17, 15) is 13.2 Å². The normalized spacial score (nSPS) is 13.2. The van der Waals surface area contributed by atoms with Gasteiger partial charge in [-0.2, -0.15) is 13.2 Å². The maximum Gasteiger partial charge on any atom is 0.416 e. The standard InChI is InChI=1S/C19H15BrF3NS/c1-12(20)14-4-2-3-13(9-14)11-25-18-7-8-24-17-10-15(19(21,22)23)5-6-16(17)18/h2-10,12H,11H2,1H3. The van der Waals surface area contributed by atoms with Crippen LogP contribution < -0.4 is 0 Å². The third kappa shape index (κ3) is 4.36. The molecule has 2 aromatic carbocycles. The zero-order valence-corrected chi connectivity index (χ0v) is 15.8. The number of halogens is 4. The molecule has 0 N–H and O–H groups in total. The van der Waals surface area contributed by atoms with E-state index in [4.69, 9.17) is 0 Å². The topological polar surface area (TPSA) is 12.9 Å². The minimum Gasteiger partial charge on any atom is -0.256 e. The predicted molar refractivity (Wildman–Crippen MR) is 100 cm³/mol. The number of pyridine rings is 1. The summed E-state index contributed by atoms with van der Waals surface area (Å²) >= 11 is 5.16. The lowest BCUT2D eigenvalue weighted by molar-refractivity contribution is -0.137. The summed E-state index contributed by atoms with van der Waals surface area (Å²) in [5.41, 5.74) is 2.06. The Morgan fingerprint density at radius 3 is 2.64 bits per heavy atom. The van der Waals surface area contributed by atoms with Crippen LogP contribution in [0, 0.1) is 0 Å². The second kappa shape index (κ2) is 7.38. The molecule has 6 heteroatoms. The Bertz CT molecular complexity index is 893. The average Bonchev–Trinajstić information content (AvgIpc) is 2.58. The second-order valence-corrected chi connectivity index (χ2v) is 8.08. The van der Waals surface area contributed by atoms with E-state index in [1.165, 1.54) is 17.2 Å². The predicted octanol–water partition coefficient (Wildman–Crippen LogP) is 7.00. The van der Waals surface area contributed by atoms with Crippen molar-refractivity contribution in [2.45, 2.75) is 28.6 Å². The molecular weight excluding hydrogens is 411 g/mol. The van der Waals surface area contributed by atoms with Crippen molar-refractivity contribution in [3.63, 3.8) is 0 Å². The van der Waals surface area contributed by atoms with Gasteiger partial charge in [0.1, 0.15) is 0 Å². The zero-order chi connectivity index (χ0) is 18.0. The van der Waals surface area contributed by atoms with Crippen molar-refractivity contribution in [3.8, 4) is 0 Å². The van der Waals surface area contributed by atoms with E-state index in [0.29, 0.717) is 5.52 Å². The quantitative estimate of drug-likeness (QED) is 0.329. The van der Waals surface area contributed by atoms with E-state index < -0.39 is 11.7 Å². The molecule has 0 radical (unpaired) electrons. The zero-order valence-electron chi connectivity index (χ0n) is 13.3. The molecule has 1 unspecified atom stereocenters. The lowest BCUT2D eigenvalue weighted by Crippen LogP contribution is -2.04. The van der Waals surface area contributed by atoms with Crippen LogP contribution in [-0.2, 0) is 11.9 Å². The fourth-order valence-electron chi connectivity index (χ4n) is 2.52. The van der Waals surface area contributed by atoms with E-state index in [1.54, 1.807) is 18.0 Å². The number of rotatable bonds is 4. The van der Waals surface area contributed by atoms with Crippen LogP contribution in [-0.4, -0.2) is 4.98 Å². The Labute approximate surface area is 156 Å². The summed E-state index contributed by atoms with van der Waals surface area (Å²) in [7, 11) is 0. The van der Waals surface area contributed by atoms with Gasteiger partial charge in [0.25, 0.3) is 0 Å². The molecule has 0 bridgehead atoms. The number of hydrogen-bond acceptors (Lipinski definition) is 2. The molecule has 0 saturated heterocycles. The Morgan fingerprint density at radius 2 is 1.92 bits per heavy atom. The third-order valence-electron chi connectivity index (χ3n) is 3.83. The first-order valence-corrected chi connectivity index (χ1v) is 9.56. The van der Waals surface area contributed by atoms with Crippen LogP contribution in [0.15, 0.2) is 59.6 Å². The minimum atomic E-state index is -4.36. The van der Waals surface area contributed by atoms with Gasteiger partial charge in [-0.1, -0.05) is 46.3 Å². The first-order chi connectivity index (χ1) is 11.8. The highest BCUT2D eigenvalue weighted by Gasteiger charge is 2.30. The summed E-state index contributed by atoms with van der Waals surface area (Å²) in [5.74, 6) is 0.744. The number of aromatic nitrogens is 1. The van der Waals surface area contributed by atoms with E-state index in [-0.39, 0.29) is 4.83 Å². The van der Waals surface area contributed by atoms with Gasteiger partial charge in [-0.25, -0.2) is 0 Å². The fraction of sp³-hybridized carbons (Fsp3) is 0.211. The Hall–Kier alpha value is -1.53. The molecule has 1 aromatic heterocycles. The maximum absolute atomic E-state index is 12.9. The third-order valence-corrected chi connectivity index (χ3v) is 5.51. The van der Waals surface area contributed by atoms with Crippen LogP contribution in [0.5, 0.6) is 0 Å². The van der Waals surface area contributed by atoms with Crippen LogP contribution in [0.4, 0.5) is 13.2 Å². The van der Waals surface area contributed by atoms with Crippen molar-refractivity contribution in [1.82, 2.24) is 4.98 Å². The van der Waals surface area contributed by atoms with E-state index in [1.807, 2.05) is 12.1 Å². The van der Waals surface area contributed by atoms with Gasteiger partial charge in [0.15, 0.2) is 0 Å². The summed E-state index contributed by atoms with van der Waals surface area (Å²) in [4.78, 5) is 5.29. The largest absolute Gasteiger partial charge is 0.416 e. The first-order valence-electron chi connectivity index (χ1n) is 7.66. The van der Waals surface area contributed by atoms with E-state index in [2.05, 4.69) is 46.0 Å². The molecule has 1 nitrogen and oxygen atoms in total. The molecule has 0 saturated carbocycles. The molecule has 0 aliphatic rings. The summed E-state index contributed by atoms with van der Waals surface area (Å²) in [5, 5.41) is 0.741. The van der Waals surface area contributed by atoms with E-state index in [0.717, 1.165) is 28.2 Å². The first kappa shape index (κ1) is 18.3. The van der Waals surface area contributed by atoms with Crippen molar-refractivity contribution in [2.24, 2.45) is 0 Å². The summed E-state index contributed by atoms with van der Waals surface area (Å²) in [6, 6.07) is 13.8. The van der Waals surface area contributed by atoms with Crippen LogP contribution in [0.25, 0.3) is 10.9 Å². The lowest BCUT2D eigenvalue weighted by Gasteiger charge is -2.10. The van der Waals surface area contributed by atoms with Gasteiger partial charge in [0.05, 0.1) is 11.1 Å². The van der Waals surface area contributed by atoms with Gasteiger partial charge in [-0.05, 0) is 36.2 Å². The number of fused-ring (bicyclic) bond motifs is 1. The molecule has 0 fully saturated rings. The highest BCUT2D eigenvalue weighted by atomic mass is 79.9. The molecule has 130 valence electrons. The Balaban J connectivity index is 1.86. The molecule has 25 heavy (non-hydrogen) atoms. The molecule has 0 spiro atoms. The number of hydrogen-bond donors (Lipinski definition) is 0. The van der Waals surface area contributed by atoms with Crippen molar-refractivity contribution in [3.05, 3.63) is 71.4 Å². The molecule has 0 amide bonds. The highest BCUT2D eigenvalue weighted by molar-refractivity contribution is 9.09. The SMILES string of the molecule is CC(Br)c1cccc(CSc2ccnc3cc(C(F)(F)F)ccc23)c1. The summed E-state index contributed by atoms with van der Waals surface area (Å²) in [6.07, 6.45) is -2.80. The molecule has 1 atom stereocenters. The molecule has 0 aliphatic carbocycles. The number of benzene rings is 2. The van der Waals surface area contributed by atoms with Crippen molar-refractivity contribution in [2.75, 3.05) is 0 Å². The monoisotopic (exact) mass is 425 g/mol. The Kier molecular flexibility index (Phi) is 5.39. The van der Waals surface area contributed by atoms with Gasteiger partial charge in [-0.3, -0.25) is 4.98 Å². The van der Waals surface area contributed by atoms with Gasteiger partial charge in [-0.15, -0.1) is 11.8 Å².